The zero-order chi connectivity index (χ0) is 11.2. The van der Waals surface area contributed by atoms with E-state index in [0.717, 1.165) is 0 Å². The number of ether oxygens (including phenoxy) is 1. The van der Waals surface area contributed by atoms with Gasteiger partial charge < -0.3 is 20.1 Å². The van der Waals surface area contributed by atoms with Gasteiger partial charge in [-0.25, -0.2) is 0 Å². The van der Waals surface area contributed by atoms with Crippen molar-refractivity contribution in [3.63, 3.8) is 0 Å². The fourth-order valence-corrected chi connectivity index (χ4v) is 0.703. The van der Waals surface area contributed by atoms with Crippen LogP contribution in [0.3, 0.4) is 0 Å². The van der Waals surface area contributed by atoms with Crippen molar-refractivity contribution in [3.8, 4) is 0 Å². The minimum atomic E-state index is -2.90. The van der Waals surface area contributed by atoms with Gasteiger partial charge in [0.05, 0.1) is 6.42 Å². The van der Waals surface area contributed by atoms with Crippen LogP contribution in [0.5, 0.6) is 0 Å². The van der Waals surface area contributed by atoms with Crippen molar-refractivity contribution in [1.82, 2.24) is 0 Å². The maximum Gasteiger partial charge on any atom is 0.313 e. The van der Waals surface area contributed by atoms with Crippen molar-refractivity contribution in [2.75, 3.05) is 0 Å². The van der Waals surface area contributed by atoms with E-state index in [-0.39, 0.29) is 6.42 Å². The van der Waals surface area contributed by atoms with Crippen LogP contribution in [0.4, 0.5) is 0 Å². The molecule has 0 saturated carbocycles. The zero-order valence-corrected chi connectivity index (χ0v) is 7.89. The standard InChI is InChI=1S/C8H14O6/c1-2-3-6(9)14-7(10)4-5-8(11,12)13/h11-13H,2-5H2,1H3. The summed E-state index contributed by atoms with van der Waals surface area (Å²) < 4.78 is 4.28. The molecule has 0 bridgehead atoms. The third-order valence-electron chi connectivity index (χ3n) is 1.35. The van der Waals surface area contributed by atoms with Crippen LogP contribution in [-0.4, -0.2) is 33.2 Å². The van der Waals surface area contributed by atoms with Crippen LogP contribution in [0.2, 0.25) is 0 Å². The monoisotopic (exact) mass is 206 g/mol. The summed E-state index contributed by atoms with van der Waals surface area (Å²) in [5, 5.41) is 25.3. The van der Waals surface area contributed by atoms with Gasteiger partial charge in [-0.1, -0.05) is 6.92 Å². The number of esters is 2. The van der Waals surface area contributed by atoms with Crippen molar-refractivity contribution in [2.45, 2.75) is 38.6 Å². The van der Waals surface area contributed by atoms with Crippen LogP contribution in [-0.2, 0) is 14.3 Å². The van der Waals surface area contributed by atoms with Crippen molar-refractivity contribution >= 4 is 11.9 Å². The first-order chi connectivity index (χ1) is 6.35. The van der Waals surface area contributed by atoms with Crippen LogP contribution >= 0.6 is 0 Å². The molecule has 0 aromatic carbocycles. The Balaban J connectivity index is 3.71. The van der Waals surface area contributed by atoms with Crippen molar-refractivity contribution in [3.05, 3.63) is 0 Å². The molecule has 0 amide bonds. The Morgan fingerprint density at radius 1 is 1.14 bits per heavy atom. The SMILES string of the molecule is CCCC(=O)OC(=O)CCC(O)(O)O. The maximum absolute atomic E-state index is 10.8. The second-order valence-electron chi connectivity index (χ2n) is 2.87. The summed E-state index contributed by atoms with van der Waals surface area (Å²) in [6, 6.07) is 0. The van der Waals surface area contributed by atoms with Gasteiger partial charge in [-0.05, 0) is 6.42 Å². The molecule has 0 aromatic heterocycles. The fraction of sp³-hybridized carbons (Fsp3) is 0.750. The van der Waals surface area contributed by atoms with E-state index in [4.69, 9.17) is 15.3 Å². The number of aliphatic hydroxyl groups is 3. The molecule has 3 N–H and O–H groups in total. The molecule has 0 aliphatic rings. The van der Waals surface area contributed by atoms with Gasteiger partial charge in [0.2, 0.25) is 0 Å². The number of hydrogen-bond acceptors (Lipinski definition) is 6. The van der Waals surface area contributed by atoms with Gasteiger partial charge in [0.15, 0.2) is 0 Å². The molecule has 0 aliphatic carbocycles. The first-order valence-electron chi connectivity index (χ1n) is 4.26. The molecular formula is C8H14O6. The van der Waals surface area contributed by atoms with Gasteiger partial charge in [-0.15, -0.1) is 0 Å². The van der Waals surface area contributed by atoms with E-state index in [2.05, 4.69) is 4.74 Å². The molecule has 0 aliphatic heterocycles. The Labute approximate surface area is 81.1 Å². The lowest BCUT2D eigenvalue weighted by atomic mass is 10.3. The lowest BCUT2D eigenvalue weighted by Crippen LogP contribution is -2.28. The molecule has 0 radical (unpaired) electrons. The molecule has 14 heavy (non-hydrogen) atoms. The molecule has 0 saturated heterocycles. The van der Waals surface area contributed by atoms with Gasteiger partial charge in [-0.2, -0.15) is 0 Å². The van der Waals surface area contributed by atoms with Crippen LogP contribution < -0.4 is 0 Å². The Morgan fingerprint density at radius 3 is 2.07 bits per heavy atom. The molecule has 0 aromatic rings. The van der Waals surface area contributed by atoms with Crippen LogP contribution in [0.15, 0.2) is 0 Å². The van der Waals surface area contributed by atoms with Crippen molar-refractivity contribution in [2.24, 2.45) is 0 Å². The zero-order valence-electron chi connectivity index (χ0n) is 7.89. The Morgan fingerprint density at radius 2 is 1.64 bits per heavy atom. The minimum Gasteiger partial charge on any atom is -0.393 e. The van der Waals surface area contributed by atoms with E-state index in [0.29, 0.717) is 6.42 Å². The Kier molecular flexibility index (Phi) is 5.29. The number of carbonyl (C=O) groups excluding carboxylic acids is 2. The normalized spacial score (nSPS) is 11.1. The molecular weight excluding hydrogens is 192 g/mol. The molecule has 0 fully saturated rings. The van der Waals surface area contributed by atoms with Gasteiger partial charge in [-0.3, -0.25) is 9.59 Å². The number of hydrogen-bond donors (Lipinski definition) is 3. The molecule has 0 atom stereocenters. The number of rotatable bonds is 5. The summed E-state index contributed by atoms with van der Waals surface area (Å²) in [4.78, 5) is 21.5. The number of carbonyl (C=O) groups is 2. The lowest BCUT2D eigenvalue weighted by molar-refractivity contribution is -0.314. The molecule has 6 heteroatoms. The molecule has 6 nitrogen and oxygen atoms in total. The highest BCUT2D eigenvalue weighted by Gasteiger charge is 2.21. The maximum atomic E-state index is 10.8. The molecule has 82 valence electrons. The van der Waals surface area contributed by atoms with Gasteiger partial charge in [0, 0.05) is 12.8 Å². The van der Waals surface area contributed by atoms with E-state index in [1.165, 1.54) is 0 Å². The first-order valence-corrected chi connectivity index (χ1v) is 4.26. The molecule has 0 unspecified atom stereocenters. The van der Waals surface area contributed by atoms with E-state index >= 15 is 0 Å². The lowest BCUT2D eigenvalue weighted by Gasteiger charge is -2.12. The summed E-state index contributed by atoms with van der Waals surface area (Å²) in [5.41, 5.74) is 0. The Bertz CT molecular complexity index is 204. The largest absolute Gasteiger partial charge is 0.393 e. The molecule has 0 heterocycles. The van der Waals surface area contributed by atoms with Gasteiger partial charge >= 0.3 is 11.9 Å². The average molecular weight is 206 g/mol. The Hall–Kier alpha value is -0.980. The van der Waals surface area contributed by atoms with Crippen LogP contribution in [0, 0.1) is 0 Å². The van der Waals surface area contributed by atoms with Crippen molar-refractivity contribution < 1.29 is 29.6 Å². The summed E-state index contributed by atoms with van der Waals surface area (Å²) in [6.45, 7) is 1.76. The van der Waals surface area contributed by atoms with E-state index in [9.17, 15) is 9.59 Å². The smallest absolute Gasteiger partial charge is 0.313 e. The van der Waals surface area contributed by atoms with Crippen molar-refractivity contribution in [1.29, 1.82) is 0 Å². The molecule has 0 spiro atoms. The predicted molar refractivity (Wildman–Crippen MR) is 44.6 cm³/mol. The second-order valence-corrected chi connectivity index (χ2v) is 2.87. The highest BCUT2D eigenvalue weighted by Crippen LogP contribution is 2.05. The summed E-state index contributed by atoms with van der Waals surface area (Å²) in [7, 11) is 0. The summed E-state index contributed by atoms with van der Waals surface area (Å²) >= 11 is 0. The molecule has 0 rings (SSSR count). The van der Waals surface area contributed by atoms with E-state index in [1.807, 2.05) is 0 Å². The van der Waals surface area contributed by atoms with Crippen LogP contribution in [0.1, 0.15) is 32.6 Å². The van der Waals surface area contributed by atoms with E-state index in [1.54, 1.807) is 6.92 Å². The van der Waals surface area contributed by atoms with Crippen LogP contribution in [0.25, 0.3) is 0 Å². The third-order valence-corrected chi connectivity index (χ3v) is 1.35. The fourth-order valence-electron chi connectivity index (χ4n) is 0.703. The van der Waals surface area contributed by atoms with Gasteiger partial charge in [0.25, 0.3) is 5.97 Å². The third kappa shape index (κ3) is 7.66. The predicted octanol–water partition coefficient (Wildman–Crippen LogP) is -0.733. The van der Waals surface area contributed by atoms with E-state index < -0.39 is 30.8 Å². The summed E-state index contributed by atoms with van der Waals surface area (Å²) in [6.07, 6.45) is -0.325. The summed E-state index contributed by atoms with van der Waals surface area (Å²) in [5.74, 6) is -4.44. The minimum absolute atomic E-state index is 0.133. The second kappa shape index (κ2) is 5.69. The van der Waals surface area contributed by atoms with Gasteiger partial charge in [0.1, 0.15) is 0 Å². The first kappa shape index (κ1) is 13.0. The average Bonchev–Trinajstić information content (AvgIpc) is 2.00. The quantitative estimate of drug-likeness (QED) is 0.311. The highest BCUT2D eigenvalue weighted by atomic mass is 16.7. The topological polar surface area (TPSA) is 104 Å². The highest BCUT2D eigenvalue weighted by molar-refractivity contribution is 5.85.